The lowest BCUT2D eigenvalue weighted by Gasteiger charge is -2.25. The predicted molar refractivity (Wildman–Crippen MR) is 70.6 cm³/mol. The molecule has 1 aliphatic heterocycles. The lowest BCUT2D eigenvalue weighted by Crippen LogP contribution is -2.42. The fourth-order valence-corrected chi connectivity index (χ4v) is 2.15. The Kier molecular flexibility index (Phi) is 7.23. The standard InChI is InChI=1S/C13H26N2O3/c1-4-7-14-12(13(16)17-3)5-8-15(2)11-6-9-18-10-11/h11-12,14H,4-10H2,1-3H3. The van der Waals surface area contributed by atoms with Crippen LogP contribution in [-0.2, 0) is 14.3 Å². The number of methoxy groups -OCH3 is 1. The minimum atomic E-state index is -0.195. The van der Waals surface area contributed by atoms with Gasteiger partial charge in [0, 0.05) is 19.2 Å². The second-order valence-corrected chi connectivity index (χ2v) is 4.82. The summed E-state index contributed by atoms with van der Waals surface area (Å²) in [4.78, 5) is 13.9. The van der Waals surface area contributed by atoms with Gasteiger partial charge in [0.1, 0.15) is 6.04 Å². The number of carbonyl (C=O) groups excluding carboxylic acids is 1. The van der Waals surface area contributed by atoms with Crippen LogP contribution in [-0.4, -0.2) is 63.4 Å². The van der Waals surface area contributed by atoms with Crippen molar-refractivity contribution in [3.05, 3.63) is 0 Å². The first-order valence-electron chi connectivity index (χ1n) is 6.78. The molecule has 0 amide bonds. The smallest absolute Gasteiger partial charge is 0.322 e. The van der Waals surface area contributed by atoms with E-state index < -0.39 is 0 Å². The van der Waals surface area contributed by atoms with Crippen molar-refractivity contribution in [2.75, 3.05) is 40.5 Å². The maximum Gasteiger partial charge on any atom is 0.322 e. The van der Waals surface area contributed by atoms with Crippen molar-refractivity contribution >= 4 is 5.97 Å². The molecule has 0 aromatic rings. The van der Waals surface area contributed by atoms with E-state index in [9.17, 15) is 4.79 Å². The van der Waals surface area contributed by atoms with E-state index in [1.54, 1.807) is 0 Å². The second-order valence-electron chi connectivity index (χ2n) is 4.82. The number of nitrogens with zero attached hydrogens (tertiary/aromatic N) is 1. The molecule has 0 bridgehead atoms. The Bertz CT molecular complexity index is 242. The first-order chi connectivity index (χ1) is 8.69. The van der Waals surface area contributed by atoms with E-state index in [2.05, 4.69) is 24.2 Å². The van der Waals surface area contributed by atoms with Gasteiger partial charge in [-0.1, -0.05) is 6.92 Å². The normalized spacial score (nSPS) is 21.2. The molecule has 0 aliphatic carbocycles. The van der Waals surface area contributed by atoms with Crippen molar-refractivity contribution in [1.29, 1.82) is 0 Å². The monoisotopic (exact) mass is 258 g/mol. The van der Waals surface area contributed by atoms with E-state index in [1.807, 2.05) is 0 Å². The molecule has 1 rings (SSSR count). The maximum atomic E-state index is 11.6. The van der Waals surface area contributed by atoms with E-state index in [-0.39, 0.29) is 12.0 Å². The van der Waals surface area contributed by atoms with Crippen molar-refractivity contribution in [3.63, 3.8) is 0 Å². The first-order valence-corrected chi connectivity index (χ1v) is 6.78. The molecule has 0 aromatic carbocycles. The molecular formula is C13H26N2O3. The number of esters is 1. The van der Waals surface area contributed by atoms with Crippen LogP contribution >= 0.6 is 0 Å². The van der Waals surface area contributed by atoms with Gasteiger partial charge >= 0.3 is 5.97 Å². The zero-order valence-electron chi connectivity index (χ0n) is 11.8. The molecule has 1 saturated heterocycles. The van der Waals surface area contributed by atoms with Crippen molar-refractivity contribution in [3.8, 4) is 0 Å². The summed E-state index contributed by atoms with van der Waals surface area (Å²) in [6, 6.07) is 0.300. The Hall–Kier alpha value is -0.650. The first kappa shape index (κ1) is 15.4. The van der Waals surface area contributed by atoms with E-state index in [0.717, 1.165) is 45.6 Å². The zero-order chi connectivity index (χ0) is 13.4. The summed E-state index contributed by atoms with van der Waals surface area (Å²) < 4.78 is 10.2. The average Bonchev–Trinajstić information content (AvgIpc) is 2.91. The van der Waals surface area contributed by atoms with E-state index in [0.29, 0.717) is 6.04 Å². The van der Waals surface area contributed by atoms with Gasteiger partial charge < -0.3 is 19.7 Å². The molecule has 0 aromatic heterocycles. The minimum Gasteiger partial charge on any atom is -0.468 e. The third kappa shape index (κ3) is 4.92. The van der Waals surface area contributed by atoms with Gasteiger partial charge in [0.05, 0.1) is 13.7 Å². The summed E-state index contributed by atoms with van der Waals surface area (Å²) in [6.45, 7) is 5.47. The van der Waals surface area contributed by atoms with Gasteiger partial charge in [0.2, 0.25) is 0 Å². The molecule has 5 nitrogen and oxygen atoms in total. The highest BCUT2D eigenvalue weighted by Crippen LogP contribution is 2.11. The fourth-order valence-electron chi connectivity index (χ4n) is 2.15. The molecule has 5 heteroatoms. The van der Waals surface area contributed by atoms with E-state index in [4.69, 9.17) is 9.47 Å². The van der Waals surface area contributed by atoms with Crippen molar-refractivity contribution in [1.82, 2.24) is 10.2 Å². The Morgan fingerprint density at radius 2 is 2.39 bits per heavy atom. The van der Waals surface area contributed by atoms with Crippen LogP contribution in [0.5, 0.6) is 0 Å². The van der Waals surface area contributed by atoms with Crippen LogP contribution in [0.3, 0.4) is 0 Å². The van der Waals surface area contributed by atoms with Crippen LogP contribution < -0.4 is 5.32 Å². The van der Waals surface area contributed by atoms with Crippen LogP contribution in [0.25, 0.3) is 0 Å². The number of nitrogens with one attached hydrogen (secondary N) is 1. The van der Waals surface area contributed by atoms with Gasteiger partial charge in [-0.3, -0.25) is 4.79 Å². The number of carbonyl (C=O) groups is 1. The third-order valence-electron chi connectivity index (χ3n) is 3.43. The molecule has 106 valence electrons. The van der Waals surface area contributed by atoms with Crippen LogP contribution in [0.1, 0.15) is 26.2 Å². The molecule has 0 spiro atoms. The lowest BCUT2D eigenvalue weighted by molar-refractivity contribution is -0.143. The number of hydrogen-bond acceptors (Lipinski definition) is 5. The maximum absolute atomic E-state index is 11.6. The lowest BCUT2D eigenvalue weighted by atomic mass is 10.1. The Balaban J connectivity index is 2.32. The summed E-state index contributed by atoms with van der Waals surface area (Å²) in [5.74, 6) is -0.167. The Labute approximate surface area is 110 Å². The minimum absolute atomic E-state index is 0.167. The summed E-state index contributed by atoms with van der Waals surface area (Å²) in [5, 5.41) is 3.23. The zero-order valence-corrected chi connectivity index (χ0v) is 11.8. The van der Waals surface area contributed by atoms with Crippen LogP contribution in [0.2, 0.25) is 0 Å². The molecule has 0 radical (unpaired) electrons. The number of hydrogen-bond donors (Lipinski definition) is 1. The largest absolute Gasteiger partial charge is 0.468 e. The number of ether oxygens (including phenoxy) is 2. The molecule has 2 unspecified atom stereocenters. The second kappa shape index (κ2) is 8.45. The number of likely N-dealkylation sites (N-methyl/N-ethyl adjacent to an activating group) is 1. The summed E-state index contributed by atoms with van der Waals surface area (Å²) in [6.07, 6.45) is 2.88. The topological polar surface area (TPSA) is 50.8 Å². The fraction of sp³-hybridized carbons (Fsp3) is 0.923. The SMILES string of the molecule is CCCNC(CCN(C)C1CCOC1)C(=O)OC. The highest BCUT2D eigenvalue weighted by molar-refractivity contribution is 5.75. The van der Waals surface area contributed by atoms with Gasteiger partial charge in [-0.25, -0.2) is 0 Å². The Morgan fingerprint density at radius 1 is 1.61 bits per heavy atom. The number of rotatable bonds is 8. The van der Waals surface area contributed by atoms with Crippen molar-refractivity contribution in [2.24, 2.45) is 0 Å². The summed E-state index contributed by atoms with van der Waals surface area (Å²) in [5.41, 5.74) is 0. The van der Waals surface area contributed by atoms with Crippen molar-refractivity contribution in [2.45, 2.75) is 38.3 Å². The molecule has 2 atom stereocenters. The van der Waals surface area contributed by atoms with Crippen molar-refractivity contribution < 1.29 is 14.3 Å². The van der Waals surface area contributed by atoms with Gasteiger partial charge in [-0.2, -0.15) is 0 Å². The van der Waals surface area contributed by atoms with Gasteiger partial charge in [0.15, 0.2) is 0 Å². The van der Waals surface area contributed by atoms with Gasteiger partial charge in [-0.05, 0) is 32.9 Å². The molecule has 18 heavy (non-hydrogen) atoms. The summed E-state index contributed by atoms with van der Waals surface area (Å²) in [7, 11) is 3.53. The van der Waals surface area contributed by atoms with Crippen LogP contribution in [0, 0.1) is 0 Å². The van der Waals surface area contributed by atoms with Crippen LogP contribution in [0.15, 0.2) is 0 Å². The molecule has 1 aliphatic rings. The quantitative estimate of drug-likeness (QED) is 0.647. The highest BCUT2D eigenvalue weighted by Gasteiger charge is 2.23. The molecular weight excluding hydrogens is 232 g/mol. The van der Waals surface area contributed by atoms with E-state index in [1.165, 1.54) is 7.11 Å². The predicted octanol–water partition coefficient (Wildman–Crippen LogP) is 0.638. The molecule has 1 fully saturated rings. The Morgan fingerprint density at radius 3 is 2.94 bits per heavy atom. The van der Waals surface area contributed by atoms with E-state index >= 15 is 0 Å². The highest BCUT2D eigenvalue weighted by atomic mass is 16.5. The molecule has 1 N–H and O–H groups in total. The molecule has 0 saturated carbocycles. The average molecular weight is 258 g/mol. The third-order valence-corrected chi connectivity index (χ3v) is 3.43. The van der Waals surface area contributed by atoms with Gasteiger partial charge in [0.25, 0.3) is 0 Å². The van der Waals surface area contributed by atoms with Gasteiger partial charge in [-0.15, -0.1) is 0 Å². The summed E-state index contributed by atoms with van der Waals surface area (Å²) >= 11 is 0. The van der Waals surface area contributed by atoms with Crippen LogP contribution in [0.4, 0.5) is 0 Å². The molecule has 1 heterocycles.